The summed E-state index contributed by atoms with van der Waals surface area (Å²) in [6, 6.07) is 12.4. The van der Waals surface area contributed by atoms with Crippen LogP contribution in [0.2, 0.25) is 0 Å². The molecule has 2 heterocycles. The number of carbonyl (C=O) groups excluding carboxylic acids is 1. The maximum atomic E-state index is 11.5. The van der Waals surface area contributed by atoms with Crippen molar-refractivity contribution in [3.63, 3.8) is 0 Å². The van der Waals surface area contributed by atoms with Gasteiger partial charge >= 0.3 is 5.97 Å². The highest BCUT2D eigenvalue weighted by Crippen LogP contribution is 2.37. The Morgan fingerprint density at radius 3 is 2.89 bits per heavy atom. The molecular formula is C22H21NO3S. The normalized spacial score (nSPS) is 21.9. The van der Waals surface area contributed by atoms with Crippen LogP contribution < -0.4 is 4.74 Å². The van der Waals surface area contributed by atoms with Gasteiger partial charge in [0.1, 0.15) is 18.0 Å². The van der Waals surface area contributed by atoms with E-state index in [1.807, 2.05) is 18.3 Å². The van der Waals surface area contributed by atoms with Crippen molar-refractivity contribution in [1.82, 2.24) is 4.98 Å². The van der Waals surface area contributed by atoms with Gasteiger partial charge in [-0.05, 0) is 48.6 Å². The van der Waals surface area contributed by atoms with Crippen LogP contribution in [-0.4, -0.2) is 23.2 Å². The van der Waals surface area contributed by atoms with E-state index in [0.29, 0.717) is 0 Å². The monoisotopic (exact) mass is 379 g/mol. The second-order valence-electron chi connectivity index (χ2n) is 6.82. The van der Waals surface area contributed by atoms with Crippen molar-refractivity contribution >= 4 is 27.4 Å². The van der Waals surface area contributed by atoms with Crippen molar-refractivity contribution in [2.75, 3.05) is 0 Å². The quantitative estimate of drug-likeness (QED) is 0.449. The minimum atomic E-state index is -0.365. The van der Waals surface area contributed by atoms with Gasteiger partial charge in [-0.1, -0.05) is 19.6 Å². The van der Waals surface area contributed by atoms with E-state index in [1.54, 1.807) is 17.5 Å². The van der Waals surface area contributed by atoms with Crippen molar-refractivity contribution in [3.05, 3.63) is 61.4 Å². The Labute approximate surface area is 162 Å². The first-order valence-corrected chi connectivity index (χ1v) is 9.89. The summed E-state index contributed by atoms with van der Waals surface area (Å²) < 4.78 is 12.8. The van der Waals surface area contributed by atoms with Crippen LogP contribution in [0.25, 0.3) is 20.5 Å². The number of aromatic nitrogens is 1. The highest BCUT2D eigenvalue weighted by Gasteiger charge is 2.36. The Bertz CT molecular complexity index is 966. The smallest absolute Gasteiger partial charge is 0.330 e. The van der Waals surface area contributed by atoms with Crippen LogP contribution in [0.15, 0.2) is 61.4 Å². The lowest BCUT2D eigenvalue weighted by atomic mass is 10.1. The van der Waals surface area contributed by atoms with E-state index in [4.69, 9.17) is 9.47 Å². The summed E-state index contributed by atoms with van der Waals surface area (Å²) in [5.41, 5.74) is 1.12. The fourth-order valence-electron chi connectivity index (χ4n) is 3.53. The lowest BCUT2D eigenvalue weighted by Crippen LogP contribution is -2.27. The van der Waals surface area contributed by atoms with Gasteiger partial charge in [0, 0.05) is 39.5 Å². The first-order valence-electron chi connectivity index (χ1n) is 9.08. The predicted molar refractivity (Wildman–Crippen MR) is 108 cm³/mol. The third-order valence-electron chi connectivity index (χ3n) is 5.07. The fourth-order valence-corrected chi connectivity index (χ4v) is 4.62. The van der Waals surface area contributed by atoms with Crippen LogP contribution in [0.4, 0.5) is 0 Å². The van der Waals surface area contributed by atoms with Gasteiger partial charge in [-0.25, -0.2) is 4.79 Å². The van der Waals surface area contributed by atoms with Crippen molar-refractivity contribution < 1.29 is 14.3 Å². The molecule has 4 rings (SSSR count). The zero-order valence-electron chi connectivity index (χ0n) is 15.1. The molecule has 138 valence electrons. The van der Waals surface area contributed by atoms with E-state index in [0.717, 1.165) is 24.2 Å². The van der Waals surface area contributed by atoms with Gasteiger partial charge in [0.05, 0.1) is 0 Å². The summed E-state index contributed by atoms with van der Waals surface area (Å²) in [5.74, 6) is 0.643. The first kappa shape index (κ1) is 17.7. The Morgan fingerprint density at radius 1 is 1.26 bits per heavy atom. The van der Waals surface area contributed by atoms with Crippen molar-refractivity contribution in [2.24, 2.45) is 5.92 Å². The third kappa shape index (κ3) is 3.74. The van der Waals surface area contributed by atoms with E-state index >= 15 is 0 Å². The fraction of sp³-hybridized carbons (Fsp3) is 0.273. The van der Waals surface area contributed by atoms with Gasteiger partial charge in [0.2, 0.25) is 0 Å². The van der Waals surface area contributed by atoms with Gasteiger partial charge in [0.25, 0.3) is 0 Å². The Kier molecular flexibility index (Phi) is 4.94. The molecule has 1 saturated carbocycles. The number of hydrogen-bond acceptors (Lipinski definition) is 5. The molecule has 2 aromatic heterocycles. The predicted octanol–water partition coefficient (Wildman–Crippen LogP) is 5.24. The molecule has 0 bridgehead atoms. The maximum Gasteiger partial charge on any atom is 0.330 e. The van der Waals surface area contributed by atoms with E-state index in [9.17, 15) is 4.79 Å². The molecule has 3 atom stereocenters. The molecular weight excluding hydrogens is 358 g/mol. The number of esters is 1. The number of ether oxygens (including phenoxy) is 2. The molecule has 1 aliphatic carbocycles. The number of fused-ring (bicyclic) bond motifs is 1. The summed E-state index contributed by atoms with van der Waals surface area (Å²) in [7, 11) is 0. The summed E-state index contributed by atoms with van der Waals surface area (Å²) >= 11 is 1.73. The molecule has 4 nitrogen and oxygen atoms in total. The second kappa shape index (κ2) is 7.53. The molecule has 0 radical (unpaired) electrons. The SMILES string of the molecule is C=CC(=O)OC1CCC(Oc2ccc3cc(-c4cccnc4)sc3c2)C1C. The van der Waals surface area contributed by atoms with Gasteiger partial charge in [0.15, 0.2) is 0 Å². The van der Waals surface area contributed by atoms with Crippen LogP contribution in [0, 0.1) is 5.92 Å². The molecule has 0 saturated heterocycles. The van der Waals surface area contributed by atoms with Crippen molar-refractivity contribution in [2.45, 2.75) is 32.0 Å². The van der Waals surface area contributed by atoms with Crippen molar-refractivity contribution in [1.29, 1.82) is 0 Å². The van der Waals surface area contributed by atoms with E-state index in [-0.39, 0.29) is 24.1 Å². The molecule has 0 N–H and O–H groups in total. The topological polar surface area (TPSA) is 48.4 Å². The highest BCUT2D eigenvalue weighted by atomic mass is 32.1. The zero-order valence-corrected chi connectivity index (χ0v) is 15.9. The van der Waals surface area contributed by atoms with E-state index in [1.165, 1.54) is 21.0 Å². The Hall–Kier alpha value is -2.66. The standard InChI is InChI=1S/C22H21NO3S/c1-3-22(24)26-19-9-8-18(14(19)2)25-17-7-6-15-11-20(27-21(15)12-17)16-5-4-10-23-13-16/h3-7,10-14,18-19H,1,8-9H2,2H3. The second-order valence-corrected chi connectivity index (χ2v) is 7.91. The summed E-state index contributed by atoms with van der Waals surface area (Å²) in [6.45, 7) is 5.53. The molecule has 27 heavy (non-hydrogen) atoms. The van der Waals surface area contributed by atoms with Crippen LogP contribution in [0.5, 0.6) is 5.75 Å². The molecule has 1 aromatic carbocycles. The molecule has 3 aromatic rings. The van der Waals surface area contributed by atoms with E-state index < -0.39 is 0 Å². The summed E-state index contributed by atoms with van der Waals surface area (Å²) in [5, 5.41) is 1.20. The van der Waals surface area contributed by atoms with Gasteiger partial charge in [-0.2, -0.15) is 0 Å². The number of carbonyl (C=O) groups is 1. The van der Waals surface area contributed by atoms with Crippen molar-refractivity contribution in [3.8, 4) is 16.2 Å². The molecule has 1 aliphatic rings. The number of pyridine rings is 1. The van der Waals surface area contributed by atoms with Crippen LogP contribution in [0.1, 0.15) is 19.8 Å². The molecule has 0 spiro atoms. The molecule has 0 aliphatic heterocycles. The molecule has 5 heteroatoms. The maximum absolute atomic E-state index is 11.5. The summed E-state index contributed by atoms with van der Waals surface area (Å²) in [6.07, 6.45) is 6.51. The van der Waals surface area contributed by atoms with Gasteiger partial charge in [-0.15, -0.1) is 11.3 Å². The number of rotatable bonds is 5. The number of hydrogen-bond donors (Lipinski definition) is 0. The lowest BCUT2D eigenvalue weighted by Gasteiger charge is -2.21. The average Bonchev–Trinajstić information content (AvgIpc) is 3.27. The molecule has 1 fully saturated rings. The van der Waals surface area contributed by atoms with Crippen LogP contribution in [0.3, 0.4) is 0 Å². The van der Waals surface area contributed by atoms with Crippen LogP contribution >= 0.6 is 11.3 Å². The van der Waals surface area contributed by atoms with Gasteiger partial charge < -0.3 is 9.47 Å². The number of thiophene rings is 1. The van der Waals surface area contributed by atoms with E-state index in [2.05, 4.69) is 42.8 Å². The summed E-state index contributed by atoms with van der Waals surface area (Å²) in [4.78, 5) is 16.9. The Morgan fingerprint density at radius 2 is 2.11 bits per heavy atom. The lowest BCUT2D eigenvalue weighted by molar-refractivity contribution is -0.144. The molecule has 3 unspecified atom stereocenters. The first-order chi connectivity index (χ1) is 13.1. The third-order valence-corrected chi connectivity index (χ3v) is 6.21. The largest absolute Gasteiger partial charge is 0.490 e. The van der Waals surface area contributed by atoms with Crippen LogP contribution in [-0.2, 0) is 9.53 Å². The zero-order chi connectivity index (χ0) is 18.8. The average molecular weight is 379 g/mol. The minimum absolute atomic E-state index is 0.0443. The Balaban J connectivity index is 1.50. The number of benzene rings is 1. The minimum Gasteiger partial charge on any atom is -0.490 e. The number of nitrogens with zero attached hydrogens (tertiary/aromatic N) is 1. The molecule has 0 amide bonds. The van der Waals surface area contributed by atoms with Gasteiger partial charge in [-0.3, -0.25) is 4.98 Å². The highest BCUT2D eigenvalue weighted by molar-refractivity contribution is 7.22.